The Labute approximate surface area is 129 Å². The molecule has 0 fully saturated rings. The molecule has 0 radical (unpaired) electrons. The second kappa shape index (κ2) is 5.34. The fraction of sp³-hybridized carbons (Fsp3) is 0.333. The Morgan fingerprint density at radius 1 is 1.36 bits per heavy atom. The van der Waals surface area contributed by atoms with Gasteiger partial charge in [-0.15, -0.1) is 0 Å². The zero-order valence-electron chi connectivity index (χ0n) is 12.8. The van der Waals surface area contributed by atoms with Crippen LogP contribution >= 0.6 is 0 Å². The van der Waals surface area contributed by atoms with Gasteiger partial charge in [-0.25, -0.2) is 0 Å². The Morgan fingerprint density at radius 2 is 2.09 bits per heavy atom. The fourth-order valence-electron chi connectivity index (χ4n) is 3.55. The second-order valence-corrected chi connectivity index (χ2v) is 5.97. The molecule has 4 heteroatoms. The predicted molar refractivity (Wildman–Crippen MR) is 86.6 cm³/mol. The smallest absolute Gasteiger partial charge is 0.388 e. The molecular weight excluding hydrogens is 276 g/mol. The number of nitrogens with zero attached hydrogens (tertiary/aromatic N) is 2. The number of hydrogen-bond donors (Lipinski definition) is 1. The van der Waals surface area contributed by atoms with Crippen molar-refractivity contribution in [1.29, 1.82) is 5.39 Å². The van der Waals surface area contributed by atoms with Crippen LogP contribution in [0.1, 0.15) is 30.9 Å². The quantitative estimate of drug-likeness (QED) is 0.645. The van der Waals surface area contributed by atoms with Crippen LogP contribution in [0.15, 0.2) is 42.3 Å². The van der Waals surface area contributed by atoms with Crippen LogP contribution in [0.25, 0.3) is 15.7 Å². The topological polar surface area (TPSA) is 57.6 Å². The summed E-state index contributed by atoms with van der Waals surface area (Å²) < 4.78 is 5.55. The van der Waals surface area contributed by atoms with Gasteiger partial charge in [0, 0.05) is 5.39 Å². The average molecular weight is 295 g/mol. The van der Waals surface area contributed by atoms with Crippen LogP contribution < -0.4 is 4.74 Å². The molecule has 1 unspecified atom stereocenters. The molecule has 0 heterocycles. The summed E-state index contributed by atoms with van der Waals surface area (Å²) in [5.74, 6) is 0.879. The predicted octanol–water partition coefficient (Wildman–Crippen LogP) is 4.69. The molecule has 0 aliphatic heterocycles. The molecule has 1 N–H and O–H groups in total. The highest BCUT2D eigenvalue weighted by Crippen LogP contribution is 2.46. The molecule has 1 atom stereocenters. The van der Waals surface area contributed by atoms with E-state index in [4.69, 9.17) is 10.1 Å². The standard InChI is InChI=1S/C18H18N2O2/c1-18(17(21)11-20-19)9-5-8-13-12-6-3-4-7-14(12)16(22-2)10-15(13)18/h3-4,6-7,10-11H,5,8-9H2,1-2H3/p+1/b17-11-. The van der Waals surface area contributed by atoms with Crippen molar-refractivity contribution in [3.63, 3.8) is 0 Å². The molecule has 112 valence electrons. The first-order chi connectivity index (χ1) is 10.6. The second-order valence-electron chi connectivity index (χ2n) is 5.97. The summed E-state index contributed by atoms with van der Waals surface area (Å²) in [7, 11) is 1.66. The number of aliphatic hydroxyl groups is 1. The summed E-state index contributed by atoms with van der Waals surface area (Å²) in [6, 6.07) is 10.2. The molecular formula is C18H19N2O2+. The Hall–Kier alpha value is -2.54. The van der Waals surface area contributed by atoms with Crippen molar-refractivity contribution in [3.8, 4) is 5.75 Å². The first-order valence-corrected chi connectivity index (χ1v) is 7.44. The molecule has 0 spiro atoms. The van der Waals surface area contributed by atoms with Crippen LogP contribution in [0.3, 0.4) is 0 Å². The summed E-state index contributed by atoms with van der Waals surface area (Å²) >= 11 is 0. The lowest BCUT2D eigenvalue weighted by Crippen LogP contribution is -2.30. The average Bonchev–Trinajstić information content (AvgIpc) is 2.55. The van der Waals surface area contributed by atoms with Crippen LogP contribution in [0, 0.1) is 5.39 Å². The molecule has 0 amide bonds. The van der Waals surface area contributed by atoms with E-state index < -0.39 is 5.41 Å². The maximum Gasteiger partial charge on any atom is 0.388 e. The third-order valence-corrected chi connectivity index (χ3v) is 4.78. The Balaban J connectivity index is 2.34. The maximum atomic E-state index is 10.4. The van der Waals surface area contributed by atoms with Gasteiger partial charge in [0.05, 0.1) is 12.5 Å². The molecule has 22 heavy (non-hydrogen) atoms. The number of hydrogen-bond acceptors (Lipinski definition) is 3. The first kappa shape index (κ1) is 14.4. The van der Waals surface area contributed by atoms with E-state index in [1.165, 1.54) is 5.56 Å². The van der Waals surface area contributed by atoms with Crippen LogP contribution in [-0.2, 0) is 11.8 Å². The molecule has 0 saturated heterocycles. The van der Waals surface area contributed by atoms with Crippen molar-refractivity contribution in [3.05, 3.63) is 58.4 Å². The summed E-state index contributed by atoms with van der Waals surface area (Å²) in [5, 5.41) is 21.4. The summed E-state index contributed by atoms with van der Waals surface area (Å²) in [5.41, 5.74) is 1.73. The molecule has 0 saturated carbocycles. The van der Waals surface area contributed by atoms with Crippen LogP contribution in [0.2, 0.25) is 0 Å². The third-order valence-electron chi connectivity index (χ3n) is 4.78. The van der Waals surface area contributed by atoms with E-state index in [0.717, 1.165) is 47.5 Å². The molecule has 0 aromatic heterocycles. The molecule has 0 bridgehead atoms. The number of methoxy groups -OCH3 is 1. The van der Waals surface area contributed by atoms with Crippen molar-refractivity contribution >= 4 is 10.8 Å². The lowest BCUT2D eigenvalue weighted by molar-refractivity contribution is 0.281. The van der Waals surface area contributed by atoms with E-state index in [9.17, 15) is 5.11 Å². The van der Waals surface area contributed by atoms with Crippen molar-refractivity contribution < 1.29 is 9.84 Å². The van der Waals surface area contributed by atoms with Crippen molar-refractivity contribution in [2.75, 3.05) is 7.11 Å². The summed E-state index contributed by atoms with van der Waals surface area (Å²) in [6.07, 6.45) is 3.87. The molecule has 3 rings (SSSR count). The van der Waals surface area contributed by atoms with E-state index in [2.05, 4.69) is 17.1 Å². The SMILES string of the molecule is COc1cc2c(c3ccccc13)CCCC2(C)/C(O)=C/[N+]#N. The van der Waals surface area contributed by atoms with E-state index in [-0.39, 0.29) is 5.76 Å². The number of aryl methyl sites for hydroxylation is 1. The molecule has 1 aliphatic rings. The van der Waals surface area contributed by atoms with Crippen LogP contribution in [-0.4, -0.2) is 12.2 Å². The zero-order chi connectivity index (χ0) is 15.7. The van der Waals surface area contributed by atoms with Crippen LogP contribution in [0.4, 0.5) is 0 Å². The van der Waals surface area contributed by atoms with Gasteiger partial charge >= 0.3 is 6.20 Å². The number of fused-ring (bicyclic) bond motifs is 3. The number of ether oxygens (including phenoxy) is 1. The lowest BCUT2D eigenvalue weighted by Gasteiger charge is -2.35. The number of benzene rings is 2. The highest BCUT2D eigenvalue weighted by Gasteiger charge is 2.39. The van der Waals surface area contributed by atoms with Crippen LogP contribution in [0.5, 0.6) is 5.75 Å². The Bertz CT molecular complexity index is 805. The van der Waals surface area contributed by atoms with Gasteiger partial charge in [-0.3, -0.25) is 0 Å². The van der Waals surface area contributed by atoms with Gasteiger partial charge in [0.1, 0.15) is 5.75 Å². The van der Waals surface area contributed by atoms with E-state index in [1.807, 2.05) is 25.1 Å². The third kappa shape index (κ3) is 2.01. The zero-order valence-corrected chi connectivity index (χ0v) is 12.8. The van der Waals surface area contributed by atoms with Gasteiger partial charge < -0.3 is 9.84 Å². The summed E-state index contributed by atoms with van der Waals surface area (Å²) in [4.78, 5) is 2.99. The monoisotopic (exact) mass is 295 g/mol. The number of aliphatic hydroxyl groups excluding tert-OH is 1. The fourth-order valence-corrected chi connectivity index (χ4v) is 3.55. The highest BCUT2D eigenvalue weighted by atomic mass is 16.5. The molecule has 1 aliphatic carbocycles. The minimum absolute atomic E-state index is 0.0771. The van der Waals surface area contributed by atoms with Gasteiger partial charge in [-0.05, 0) is 48.8 Å². The minimum Gasteiger partial charge on any atom is -0.505 e. The summed E-state index contributed by atoms with van der Waals surface area (Å²) in [6.45, 7) is 1.98. The number of diazo groups is 1. The largest absolute Gasteiger partial charge is 0.505 e. The van der Waals surface area contributed by atoms with E-state index in [0.29, 0.717) is 0 Å². The van der Waals surface area contributed by atoms with Crippen molar-refractivity contribution in [1.82, 2.24) is 0 Å². The van der Waals surface area contributed by atoms with Gasteiger partial charge in [-0.2, -0.15) is 0 Å². The maximum absolute atomic E-state index is 10.4. The molecule has 2 aromatic rings. The van der Waals surface area contributed by atoms with Gasteiger partial charge in [0.15, 0.2) is 10.7 Å². The van der Waals surface area contributed by atoms with E-state index >= 15 is 0 Å². The number of rotatable bonds is 2. The molecule has 2 aromatic carbocycles. The Kier molecular flexibility index (Phi) is 3.50. The van der Waals surface area contributed by atoms with Gasteiger partial charge in [0.2, 0.25) is 5.39 Å². The minimum atomic E-state index is -0.558. The van der Waals surface area contributed by atoms with Crippen molar-refractivity contribution in [2.45, 2.75) is 31.6 Å². The van der Waals surface area contributed by atoms with E-state index in [1.54, 1.807) is 7.11 Å². The molecule has 4 nitrogen and oxygen atoms in total. The highest BCUT2D eigenvalue weighted by molar-refractivity contribution is 5.92. The lowest BCUT2D eigenvalue weighted by atomic mass is 9.69. The first-order valence-electron chi connectivity index (χ1n) is 7.44. The van der Waals surface area contributed by atoms with Gasteiger partial charge in [-0.1, -0.05) is 24.3 Å². The van der Waals surface area contributed by atoms with Gasteiger partial charge in [0.25, 0.3) is 0 Å². The number of allylic oxidation sites excluding steroid dienone is 1. The van der Waals surface area contributed by atoms with Crippen molar-refractivity contribution in [2.24, 2.45) is 0 Å². The Morgan fingerprint density at radius 3 is 2.77 bits per heavy atom. The normalized spacial score (nSPS) is 21.2.